The fourth-order valence-electron chi connectivity index (χ4n) is 6.49. The van der Waals surface area contributed by atoms with Crippen LogP contribution in [0.25, 0.3) is 5.76 Å². The number of nitrogens with zero attached hydrogens (tertiary/aromatic N) is 2. The van der Waals surface area contributed by atoms with E-state index in [4.69, 9.17) is 17.3 Å². The second-order valence-electron chi connectivity index (χ2n) is 12.8. The molecule has 4 rings (SSSR count). The quantitative estimate of drug-likeness (QED) is 0.153. The maximum absolute atomic E-state index is 14.1. The number of alkyl halides is 1. The Balaban J connectivity index is 1.98. The summed E-state index contributed by atoms with van der Waals surface area (Å²) >= 11 is 10.1. The lowest BCUT2D eigenvalue weighted by molar-refractivity contribution is -0.153. The van der Waals surface area contributed by atoms with Crippen molar-refractivity contribution in [2.24, 2.45) is 23.0 Å². The third kappa shape index (κ3) is 4.80. The van der Waals surface area contributed by atoms with Crippen LogP contribution in [0.4, 0.5) is 11.4 Å². The van der Waals surface area contributed by atoms with E-state index < -0.39 is 79.9 Å². The van der Waals surface area contributed by atoms with Crippen molar-refractivity contribution < 1.29 is 39.6 Å². The number of benzene rings is 1. The zero-order valence-electron chi connectivity index (χ0n) is 24.9. The molecule has 3 aliphatic rings. The molecule has 0 aliphatic heterocycles. The molecule has 234 valence electrons. The van der Waals surface area contributed by atoms with Gasteiger partial charge in [0.05, 0.1) is 27.1 Å². The number of nitrogens with one attached hydrogen (secondary N) is 1. The molecule has 1 aromatic carbocycles. The number of aromatic hydroxyl groups is 1. The number of aliphatic hydroxyl groups excluding tert-OH is 2. The van der Waals surface area contributed by atoms with Crippen molar-refractivity contribution in [2.75, 3.05) is 38.4 Å². The van der Waals surface area contributed by atoms with Crippen LogP contribution in [0.3, 0.4) is 0 Å². The van der Waals surface area contributed by atoms with E-state index >= 15 is 0 Å². The number of fused-ring (bicyclic) bond motifs is 3. The summed E-state index contributed by atoms with van der Waals surface area (Å²) < 4.78 is 0. The predicted molar refractivity (Wildman–Crippen MR) is 164 cm³/mol. The van der Waals surface area contributed by atoms with Crippen LogP contribution < -0.4 is 16.0 Å². The molecule has 0 spiro atoms. The first-order valence-corrected chi connectivity index (χ1v) is 14.8. The van der Waals surface area contributed by atoms with Gasteiger partial charge in [0.1, 0.15) is 22.8 Å². The number of ketones is 2. The molecule has 5 atom stereocenters. The molecule has 0 bridgehead atoms. The van der Waals surface area contributed by atoms with Crippen molar-refractivity contribution in [1.29, 1.82) is 0 Å². The lowest BCUT2D eigenvalue weighted by Crippen LogP contribution is -2.65. The molecule has 14 heteroatoms. The number of halogens is 2. The van der Waals surface area contributed by atoms with Gasteiger partial charge < -0.3 is 36.4 Å². The van der Waals surface area contributed by atoms with E-state index in [-0.39, 0.29) is 34.7 Å². The summed E-state index contributed by atoms with van der Waals surface area (Å²) in [5, 5.41) is 48.5. The van der Waals surface area contributed by atoms with Gasteiger partial charge in [-0.15, -0.1) is 0 Å². The third-order valence-electron chi connectivity index (χ3n) is 8.49. The minimum Gasteiger partial charge on any atom is -0.508 e. The number of amides is 2. The number of phenolic OH excluding ortho intramolecular Hbond substituents is 1. The lowest BCUT2D eigenvalue weighted by Gasteiger charge is -2.50. The first-order chi connectivity index (χ1) is 19.7. The highest BCUT2D eigenvalue weighted by atomic mass is 79.9. The number of hydrogen-bond donors (Lipinski definition) is 6. The second kappa shape index (κ2) is 10.8. The van der Waals surface area contributed by atoms with Crippen LogP contribution in [0.2, 0.25) is 5.02 Å². The molecular formula is C29H36BrClN4O8. The fourth-order valence-corrected chi connectivity index (χ4v) is 7.02. The molecule has 0 radical (unpaired) electrons. The summed E-state index contributed by atoms with van der Waals surface area (Å²) in [6.45, 7) is 5.51. The number of carbonyl (C=O) groups is 4. The van der Waals surface area contributed by atoms with E-state index in [1.54, 1.807) is 19.0 Å². The standard InChI is InChI=1S/C29H36BrClN4O8/c1-28(2,3)23(30)27(42)33-17-16(31)18(34(4)5)11-8-10-9-12-19(35(6)7)22(38)15(26(32)41)25(40)29(12,43)24(39)13(10)20(36)14(11)21(17)37/h10,12,19,23,36-37,40,43H,8-9H2,1-7H3,(H2,32,41)(H,33,42)/t10?,12?,19-,23?,29-/m0/s1. The van der Waals surface area contributed by atoms with Gasteiger partial charge in [0.25, 0.3) is 5.91 Å². The van der Waals surface area contributed by atoms with E-state index in [1.165, 1.54) is 19.0 Å². The molecular weight excluding hydrogens is 648 g/mol. The largest absolute Gasteiger partial charge is 0.508 e. The molecule has 7 N–H and O–H groups in total. The van der Waals surface area contributed by atoms with Gasteiger partial charge in [0.2, 0.25) is 11.7 Å². The summed E-state index contributed by atoms with van der Waals surface area (Å²) in [6, 6.07) is -1.19. The molecule has 43 heavy (non-hydrogen) atoms. The monoisotopic (exact) mass is 682 g/mol. The average Bonchev–Trinajstić information content (AvgIpc) is 2.86. The molecule has 3 aliphatic carbocycles. The highest BCUT2D eigenvalue weighted by Gasteiger charge is 2.64. The van der Waals surface area contributed by atoms with Crippen LogP contribution in [0, 0.1) is 17.3 Å². The van der Waals surface area contributed by atoms with Crippen LogP contribution in [0.5, 0.6) is 5.75 Å². The average molecular weight is 684 g/mol. The van der Waals surface area contributed by atoms with Crippen molar-refractivity contribution in [3.8, 4) is 5.75 Å². The van der Waals surface area contributed by atoms with Crippen molar-refractivity contribution in [3.05, 3.63) is 33.1 Å². The van der Waals surface area contributed by atoms with E-state index in [0.717, 1.165) is 0 Å². The maximum Gasteiger partial charge on any atom is 0.255 e. The number of nitrogens with two attached hydrogens (primary N) is 1. The number of anilines is 2. The number of primary amides is 1. The van der Waals surface area contributed by atoms with Crippen molar-refractivity contribution in [3.63, 3.8) is 0 Å². The Kier molecular flexibility index (Phi) is 8.23. The van der Waals surface area contributed by atoms with Gasteiger partial charge >= 0.3 is 0 Å². The first-order valence-electron chi connectivity index (χ1n) is 13.5. The second-order valence-corrected chi connectivity index (χ2v) is 14.1. The summed E-state index contributed by atoms with van der Waals surface area (Å²) in [5.41, 5.74) is 1.29. The Hall–Kier alpha value is -3.13. The smallest absolute Gasteiger partial charge is 0.255 e. The van der Waals surface area contributed by atoms with Gasteiger partial charge in [0, 0.05) is 25.6 Å². The molecule has 0 aromatic heterocycles. The molecule has 12 nitrogen and oxygen atoms in total. The number of carbonyl (C=O) groups excluding carboxylic acids is 4. The van der Waals surface area contributed by atoms with Gasteiger partial charge in [0.15, 0.2) is 17.1 Å². The Morgan fingerprint density at radius 1 is 1.14 bits per heavy atom. The van der Waals surface area contributed by atoms with Crippen LogP contribution in [-0.2, 0) is 25.6 Å². The van der Waals surface area contributed by atoms with E-state index in [2.05, 4.69) is 21.2 Å². The summed E-state index contributed by atoms with van der Waals surface area (Å²) in [6.07, 6.45) is -0.0149. The Morgan fingerprint density at radius 2 is 1.72 bits per heavy atom. The minimum atomic E-state index is -2.76. The SMILES string of the molecule is CN(C)c1c(Cl)c(NC(=O)C(Br)C(C)(C)C)c(O)c2c1CC1CC3[C@H](N(C)C)C(=O)C(C(N)=O)=C(O)[C@@]3(O)C(=O)C1=C2O. The van der Waals surface area contributed by atoms with E-state index in [0.29, 0.717) is 11.3 Å². The minimum absolute atomic E-state index is 0.00351. The van der Waals surface area contributed by atoms with Crippen molar-refractivity contribution in [1.82, 2.24) is 4.90 Å². The fraction of sp³-hybridized carbons (Fsp3) is 0.517. The van der Waals surface area contributed by atoms with E-state index in [1.807, 2.05) is 20.8 Å². The number of aliphatic hydroxyl groups is 3. The van der Waals surface area contributed by atoms with Gasteiger partial charge in [-0.2, -0.15) is 0 Å². The number of hydrogen-bond acceptors (Lipinski definition) is 10. The number of rotatable bonds is 5. The van der Waals surface area contributed by atoms with E-state index in [9.17, 15) is 39.6 Å². The summed E-state index contributed by atoms with van der Waals surface area (Å²) in [4.78, 5) is 55.1. The van der Waals surface area contributed by atoms with Crippen LogP contribution in [0.1, 0.15) is 38.3 Å². The van der Waals surface area contributed by atoms with Gasteiger partial charge in [-0.05, 0) is 43.8 Å². The maximum atomic E-state index is 14.1. The zero-order valence-corrected chi connectivity index (χ0v) is 27.2. The van der Waals surface area contributed by atoms with Crippen LogP contribution >= 0.6 is 27.5 Å². The molecule has 0 heterocycles. The normalized spacial score (nSPS) is 26.2. The van der Waals surface area contributed by atoms with Crippen molar-refractivity contribution >= 4 is 68.0 Å². The highest BCUT2D eigenvalue weighted by Crippen LogP contribution is 2.56. The zero-order chi connectivity index (χ0) is 32.7. The molecule has 1 aromatic rings. The van der Waals surface area contributed by atoms with Crippen LogP contribution in [-0.4, -0.2) is 93.4 Å². The third-order valence-corrected chi connectivity index (χ3v) is 10.6. The molecule has 3 unspecified atom stereocenters. The molecule has 1 fully saturated rings. The van der Waals surface area contributed by atoms with Gasteiger partial charge in [-0.3, -0.25) is 24.1 Å². The predicted octanol–water partition coefficient (Wildman–Crippen LogP) is 2.43. The molecule has 0 saturated heterocycles. The lowest BCUT2D eigenvalue weighted by atomic mass is 9.57. The summed E-state index contributed by atoms with van der Waals surface area (Å²) in [7, 11) is 6.43. The molecule has 2 amide bonds. The molecule has 1 saturated carbocycles. The van der Waals surface area contributed by atoms with Gasteiger partial charge in [-0.25, -0.2) is 0 Å². The Morgan fingerprint density at radius 3 is 2.21 bits per heavy atom. The Labute approximate surface area is 262 Å². The number of Topliss-reactive ketones (excluding diaryl/α,β-unsaturated/α-hetero) is 2. The number of phenols is 1. The topological polar surface area (TPSA) is 194 Å². The highest BCUT2D eigenvalue weighted by molar-refractivity contribution is 9.10. The van der Waals surface area contributed by atoms with Crippen LogP contribution in [0.15, 0.2) is 16.9 Å². The van der Waals surface area contributed by atoms with Gasteiger partial charge in [-0.1, -0.05) is 48.3 Å². The first kappa shape index (κ1) is 32.8. The van der Waals surface area contributed by atoms with Crippen molar-refractivity contribution in [2.45, 2.75) is 50.1 Å². The number of likely N-dealkylation sites (N-methyl/N-ethyl adjacent to an activating group) is 1. The Bertz CT molecular complexity index is 1530. The summed E-state index contributed by atoms with van der Waals surface area (Å²) in [5.74, 6) is -8.22.